The zero-order chi connectivity index (χ0) is 23.1. The Balaban J connectivity index is 0.00000107. The number of nitrogens with two attached hydrogens (primary N) is 1. The maximum Gasteiger partial charge on any atom is 0.410 e. The van der Waals surface area contributed by atoms with E-state index < -0.39 is 0 Å². The van der Waals surface area contributed by atoms with Crippen LogP contribution in [0.15, 0.2) is 12.1 Å². The van der Waals surface area contributed by atoms with E-state index in [1.807, 2.05) is 26.0 Å². The fourth-order valence-corrected chi connectivity index (χ4v) is 3.64. The number of fused-ring (bicyclic) bond motifs is 1. The van der Waals surface area contributed by atoms with Crippen molar-refractivity contribution in [3.05, 3.63) is 40.1 Å². The summed E-state index contributed by atoms with van der Waals surface area (Å²) in [5, 5.41) is 16.7. The van der Waals surface area contributed by atoms with Crippen LogP contribution in [0, 0.1) is 25.2 Å². The Kier molecular flexibility index (Phi) is 7.80. The first-order valence-corrected chi connectivity index (χ1v) is 9.69. The highest BCUT2D eigenvalue weighted by Gasteiger charge is 2.29. The van der Waals surface area contributed by atoms with Gasteiger partial charge in [-0.25, -0.2) is 9.78 Å². The number of aryl methyl sites for hydroxylation is 2. The van der Waals surface area contributed by atoms with Crippen LogP contribution in [0.1, 0.15) is 34.9 Å². The van der Waals surface area contributed by atoms with E-state index in [0.717, 1.165) is 39.3 Å². The molecule has 0 unspecified atom stereocenters. The highest BCUT2D eigenvalue weighted by molar-refractivity contribution is 5.82. The second-order valence-electron chi connectivity index (χ2n) is 6.90. The number of hydrogen-bond acceptors (Lipinski definition) is 7. The number of nitriles is 1. The van der Waals surface area contributed by atoms with E-state index in [2.05, 4.69) is 11.1 Å². The van der Waals surface area contributed by atoms with Gasteiger partial charge in [-0.3, -0.25) is 4.79 Å². The number of ether oxygens (including phenoxy) is 2. The van der Waals surface area contributed by atoms with Gasteiger partial charge in [0.05, 0.1) is 26.0 Å². The molecule has 0 atom stereocenters. The minimum atomic E-state index is -0.364. The van der Waals surface area contributed by atoms with Crippen molar-refractivity contribution in [2.24, 2.45) is 0 Å². The Morgan fingerprint density at radius 3 is 2.65 bits per heavy atom. The van der Waals surface area contributed by atoms with Crippen LogP contribution < -0.4 is 10.5 Å². The molecule has 2 aromatic rings. The smallest absolute Gasteiger partial charge is 0.410 e. The molecule has 1 aliphatic heterocycles. The molecule has 0 saturated heterocycles. The lowest BCUT2D eigenvalue weighted by molar-refractivity contribution is -0.122. The summed E-state index contributed by atoms with van der Waals surface area (Å²) < 4.78 is 10.6. The predicted molar refractivity (Wildman–Crippen MR) is 115 cm³/mol. The quantitative estimate of drug-likeness (QED) is 0.714. The van der Waals surface area contributed by atoms with Gasteiger partial charge >= 0.3 is 6.09 Å². The van der Waals surface area contributed by atoms with Crippen LogP contribution in [0.5, 0.6) is 5.75 Å². The predicted octanol–water partition coefficient (Wildman–Crippen LogP) is 3.04. The highest BCUT2D eigenvalue weighted by Crippen LogP contribution is 2.38. The molecule has 3 rings (SSSR count). The second-order valence-corrected chi connectivity index (χ2v) is 6.90. The number of anilines is 1. The molecule has 31 heavy (non-hydrogen) atoms. The Morgan fingerprint density at radius 1 is 1.39 bits per heavy atom. The van der Waals surface area contributed by atoms with E-state index in [-0.39, 0.29) is 18.4 Å². The number of carboxylic acid groups (broad SMARTS) is 1. The second kappa shape index (κ2) is 10.3. The molecule has 0 aliphatic carbocycles. The number of pyridine rings is 1. The van der Waals surface area contributed by atoms with Crippen molar-refractivity contribution in [1.82, 2.24) is 9.88 Å². The molecule has 2 heterocycles. The monoisotopic (exact) mass is 426 g/mol. The summed E-state index contributed by atoms with van der Waals surface area (Å²) in [6, 6.07) is 6.14. The average molecular weight is 426 g/mol. The number of nitrogen functional groups attached to an aromatic ring is 1. The van der Waals surface area contributed by atoms with Crippen LogP contribution in [-0.2, 0) is 22.5 Å². The molecule has 9 nitrogen and oxygen atoms in total. The minimum Gasteiger partial charge on any atom is -0.496 e. The number of benzene rings is 1. The van der Waals surface area contributed by atoms with E-state index >= 15 is 0 Å². The fraction of sp³-hybridized carbons (Fsp3) is 0.364. The van der Waals surface area contributed by atoms with Gasteiger partial charge in [-0.15, -0.1) is 0 Å². The fourth-order valence-electron chi connectivity index (χ4n) is 3.64. The van der Waals surface area contributed by atoms with Crippen LogP contribution in [0.4, 0.5) is 10.6 Å². The van der Waals surface area contributed by atoms with E-state index in [4.69, 9.17) is 25.1 Å². The standard InChI is InChI=1S/C21H24N4O3.CH2O2/c1-5-28-21(26)25-7-6-17-16(11-25)19(15(10-22)20(23)24-17)14-8-13(3)18(27-4)9-12(14)2;2-1-3/h8-9H,5-7,11H2,1-4H3,(H2,23,24);1H,(H,2,3). The zero-order valence-corrected chi connectivity index (χ0v) is 18.1. The van der Waals surface area contributed by atoms with Crippen LogP contribution in [0.2, 0.25) is 0 Å². The van der Waals surface area contributed by atoms with Crippen molar-refractivity contribution >= 4 is 18.4 Å². The SMILES string of the molecule is CCOC(=O)N1CCc2nc(N)c(C#N)c(-c3cc(C)c(OC)cc3C)c2C1.O=CO. The van der Waals surface area contributed by atoms with E-state index in [0.29, 0.717) is 31.7 Å². The van der Waals surface area contributed by atoms with Crippen molar-refractivity contribution in [2.45, 2.75) is 33.7 Å². The summed E-state index contributed by atoms with van der Waals surface area (Å²) in [5.41, 5.74) is 11.7. The molecule has 3 N–H and O–H groups in total. The summed E-state index contributed by atoms with van der Waals surface area (Å²) in [6.45, 7) is 6.60. The molecule has 1 aliphatic rings. The molecular weight excluding hydrogens is 400 g/mol. The van der Waals surface area contributed by atoms with Gasteiger partial charge in [0, 0.05) is 24.1 Å². The number of nitrogens with zero attached hydrogens (tertiary/aromatic N) is 3. The largest absolute Gasteiger partial charge is 0.496 e. The number of aromatic nitrogens is 1. The van der Waals surface area contributed by atoms with Gasteiger partial charge in [0.1, 0.15) is 23.2 Å². The van der Waals surface area contributed by atoms with Crippen LogP contribution in [0.25, 0.3) is 11.1 Å². The lowest BCUT2D eigenvalue weighted by Crippen LogP contribution is -2.37. The molecule has 0 radical (unpaired) electrons. The summed E-state index contributed by atoms with van der Waals surface area (Å²) in [4.78, 5) is 26.7. The Morgan fingerprint density at radius 2 is 2.06 bits per heavy atom. The van der Waals surface area contributed by atoms with Crippen LogP contribution in [-0.4, -0.2) is 47.8 Å². The summed E-state index contributed by atoms with van der Waals surface area (Å²) in [5.74, 6) is 0.998. The first-order chi connectivity index (χ1) is 14.8. The summed E-state index contributed by atoms with van der Waals surface area (Å²) >= 11 is 0. The van der Waals surface area contributed by atoms with Gasteiger partial charge in [-0.1, -0.05) is 0 Å². The van der Waals surface area contributed by atoms with Crippen LogP contribution >= 0.6 is 0 Å². The molecule has 1 aromatic heterocycles. The lowest BCUT2D eigenvalue weighted by atomic mass is 9.88. The van der Waals surface area contributed by atoms with Crippen molar-refractivity contribution in [1.29, 1.82) is 5.26 Å². The summed E-state index contributed by atoms with van der Waals surface area (Å²) in [6.07, 6.45) is 0.197. The number of methoxy groups -OCH3 is 1. The normalized spacial score (nSPS) is 12.0. The first kappa shape index (κ1) is 23.5. The number of carbonyl (C=O) groups is 2. The molecule has 0 spiro atoms. The third-order valence-electron chi connectivity index (χ3n) is 5.03. The van der Waals surface area contributed by atoms with Gasteiger partial charge in [0.25, 0.3) is 6.47 Å². The van der Waals surface area contributed by atoms with Crippen molar-refractivity contribution in [3.8, 4) is 22.9 Å². The molecule has 0 saturated carbocycles. The highest BCUT2D eigenvalue weighted by atomic mass is 16.6. The van der Waals surface area contributed by atoms with E-state index in [1.54, 1.807) is 18.9 Å². The number of carbonyl (C=O) groups excluding carboxylic acids is 1. The number of amides is 1. The molecular formula is C22H26N4O5. The van der Waals surface area contributed by atoms with Gasteiger partial charge in [-0.05, 0) is 49.6 Å². The lowest BCUT2D eigenvalue weighted by Gasteiger charge is -2.30. The zero-order valence-electron chi connectivity index (χ0n) is 18.1. The minimum absolute atomic E-state index is 0.216. The van der Waals surface area contributed by atoms with E-state index in [9.17, 15) is 10.1 Å². The van der Waals surface area contributed by atoms with Crippen molar-refractivity contribution < 1.29 is 24.2 Å². The first-order valence-electron chi connectivity index (χ1n) is 9.69. The van der Waals surface area contributed by atoms with Crippen molar-refractivity contribution in [3.63, 3.8) is 0 Å². The van der Waals surface area contributed by atoms with Gasteiger partial charge in [0.15, 0.2) is 0 Å². The van der Waals surface area contributed by atoms with E-state index in [1.165, 1.54) is 0 Å². The molecule has 1 amide bonds. The van der Waals surface area contributed by atoms with Crippen LogP contribution in [0.3, 0.4) is 0 Å². The topological polar surface area (TPSA) is 139 Å². The molecule has 1 aromatic carbocycles. The Hall–Kier alpha value is -3.80. The summed E-state index contributed by atoms with van der Waals surface area (Å²) in [7, 11) is 1.63. The molecule has 0 fully saturated rings. The van der Waals surface area contributed by atoms with Gasteiger partial charge < -0.3 is 25.2 Å². The van der Waals surface area contributed by atoms with Crippen molar-refractivity contribution in [2.75, 3.05) is 26.0 Å². The molecule has 164 valence electrons. The maximum absolute atomic E-state index is 12.3. The Labute approximate surface area is 181 Å². The average Bonchev–Trinajstić information content (AvgIpc) is 2.74. The van der Waals surface area contributed by atoms with Gasteiger partial charge in [0.2, 0.25) is 0 Å². The molecule has 0 bridgehead atoms. The van der Waals surface area contributed by atoms with Gasteiger partial charge in [-0.2, -0.15) is 5.26 Å². The number of hydrogen-bond donors (Lipinski definition) is 2. The third-order valence-corrected chi connectivity index (χ3v) is 5.03. The maximum atomic E-state index is 12.3. The number of rotatable bonds is 3. The Bertz CT molecular complexity index is 1030. The molecule has 9 heteroatoms. The third kappa shape index (κ3) is 4.86.